The highest BCUT2D eigenvalue weighted by Crippen LogP contribution is 2.56. The van der Waals surface area contributed by atoms with Gasteiger partial charge >= 0.3 is 5.97 Å². The lowest BCUT2D eigenvalue weighted by Crippen LogP contribution is -2.29. The molecule has 1 aromatic heterocycles. The third-order valence-electron chi connectivity index (χ3n) is 5.36. The van der Waals surface area contributed by atoms with E-state index in [0.717, 1.165) is 24.1 Å². The summed E-state index contributed by atoms with van der Waals surface area (Å²) in [6, 6.07) is 7.75. The summed E-state index contributed by atoms with van der Waals surface area (Å²) in [4.78, 5) is 26.0. The number of nitrogens with two attached hydrogens (primary N) is 1. The van der Waals surface area contributed by atoms with Crippen LogP contribution in [0.25, 0.3) is 5.69 Å². The number of fused-ring (bicyclic) bond motifs is 2. The first-order valence-corrected chi connectivity index (χ1v) is 8.34. The van der Waals surface area contributed by atoms with E-state index in [-0.39, 0.29) is 28.3 Å². The Morgan fingerprint density at radius 2 is 2.08 bits per heavy atom. The van der Waals surface area contributed by atoms with Gasteiger partial charge in [0.05, 0.1) is 18.4 Å². The first kappa shape index (κ1) is 16.2. The molecule has 1 spiro atoms. The fraction of sp³-hybridized carbons (Fsp3) is 0.316. The van der Waals surface area contributed by atoms with Crippen molar-refractivity contribution in [1.82, 2.24) is 4.57 Å². The number of nitriles is 1. The normalized spacial score (nSPS) is 16.3. The maximum absolute atomic E-state index is 12.2. The molecule has 0 radical (unpaired) electrons. The molecule has 2 N–H and O–H groups in total. The number of anilines is 2. The van der Waals surface area contributed by atoms with Crippen LogP contribution in [0.15, 0.2) is 24.4 Å². The first-order valence-electron chi connectivity index (χ1n) is 8.34. The molecule has 0 unspecified atom stereocenters. The summed E-state index contributed by atoms with van der Waals surface area (Å²) in [5.74, 6) is -0.628. The Labute approximate surface area is 150 Å². The molecule has 2 aromatic rings. The number of carbonyl (C=O) groups excluding carboxylic acids is 2. The minimum absolute atomic E-state index is 0.00917. The van der Waals surface area contributed by atoms with Crippen LogP contribution in [0, 0.1) is 11.3 Å². The zero-order chi connectivity index (χ0) is 18.6. The average Bonchev–Trinajstić information content (AvgIpc) is 3.23. The van der Waals surface area contributed by atoms with Crippen molar-refractivity contribution < 1.29 is 14.3 Å². The van der Waals surface area contributed by atoms with Crippen LogP contribution in [-0.4, -0.2) is 30.1 Å². The number of aromatic nitrogens is 1. The molecule has 2 heterocycles. The average molecular weight is 350 g/mol. The predicted octanol–water partition coefficient (Wildman–Crippen LogP) is 2.12. The highest BCUT2D eigenvalue weighted by Gasteiger charge is 2.52. The third-order valence-corrected chi connectivity index (χ3v) is 5.36. The van der Waals surface area contributed by atoms with Gasteiger partial charge in [0.2, 0.25) is 5.91 Å². The predicted molar refractivity (Wildman–Crippen MR) is 95.2 cm³/mol. The van der Waals surface area contributed by atoms with Gasteiger partial charge in [-0.1, -0.05) is 6.07 Å². The van der Waals surface area contributed by atoms with Crippen LogP contribution in [0.2, 0.25) is 0 Å². The fourth-order valence-electron chi connectivity index (χ4n) is 3.79. The standard InChI is InChI=1S/C19H18N4O3/c1-11(24)23-10-19(5-6-19)14-4-3-13(7-15(14)23)22-9-12(8-20)16(21)17(22)18(25)26-2/h3-4,7,9H,5-6,10,21H2,1-2H3. The quantitative estimate of drug-likeness (QED) is 0.836. The van der Waals surface area contributed by atoms with Crippen LogP contribution in [-0.2, 0) is 14.9 Å². The molecule has 132 valence electrons. The van der Waals surface area contributed by atoms with Crippen LogP contribution >= 0.6 is 0 Å². The molecule has 1 fully saturated rings. The van der Waals surface area contributed by atoms with E-state index in [1.165, 1.54) is 13.3 Å². The molecule has 7 heteroatoms. The van der Waals surface area contributed by atoms with Crippen molar-refractivity contribution in [2.75, 3.05) is 24.3 Å². The van der Waals surface area contributed by atoms with Crippen molar-refractivity contribution in [3.05, 3.63) is 41.2 Å². The van der Waals surface area contributed by atoms with E-state index in [1.54, 1.807) is 16.4 Å². The van der Waals surface area contributed by atoms with Crippen molar-refractivity contribution in [3.8, 4) is 11.8 Å². The number of amides is 1. The fourth-order valence-corrected chi connectivity index (χ4v) is 3.79. The number of ether oxygens (including phenoxy) is 1. The van der Waals surface area contributed by atoms with Crippen molar-refractivity contribution in [2.24, 2.45) is 0 Å². The highest BCUT2D eigenvalue weighted by molar-refractivity contribution is 5.97. The van der Waals surface area contributed by atoms with E-state index in [9.17, 15) is 14.9 Å². The summed E-state index contributed by atoms with van der Waals surface area (Å²) in [5, 5.41) is 9.26. The van der Waals surface area contributed by atoms with Crippen molar-refractivity contribution in [2.45, 2.75) is 25.2 Å². The molecular formula is C19H18N4O3. The van der Waals surface area contributed by atoms with Crippen LogP contribution < -0.4 is 10.6 Å². The maximum Gasteiger partial charge on any atom is 0.357 e. The van der Waals surface area contributed by atoms with E-state index in [2.05, 4.69) is 0 Å². The highest BCUT2D eigenvalue weighted by atomic mass is 16.5. The van der Waals surface area contributed by atoms with Crippen molar-refractivity contribution >= 4 is 23.3 Å². The van der Waals surface area contributed by atoms with E-state index in [1.807, 2.05) is 24.3 Å². The molecule has 2 aliphatic rings. The van der Waals surface area contributed by atoms with Crippen molar-refractivity contribution in [1.29, 1.82) is 5.26 Å². The van der Waals surface area contributed by atoms with E-state index < -0.39 is 5.97 Å². The minimum atomic E-state index is -0.619. The number of hydrogen-bond acceptors (Lipinski definition) is 5. The number of nitrogens with zero attached hydrogens (tertiary/aromatic N) is 3. The smallest absolute Gasteiger partial charge is 0.357 e. The Hall–Kier alpha value is -3.27. The van der Waals surface area contributed by atoms with Crippen LogP contribution in [0.4, 0.5) is 11.4 Å². The van der Waals surface area contributed by atoms with Gasteiger partial charge in [-0.3, -0.25) is 4.79 Å². The van der Waals surface area contributed by atoms with Crippen LogP contribution in [0.1, 0.15) is 41.4 Å². The molecule has 0 bridgehead atoms. The molecule has 4 rings (SSSR count). The lowest BCUT2D eigenvalue weighted by molar-refractivity contribution is -0.116. The zero-order valence-corrected chi connectivity index (χ0v) is 14.6. The number of hydrogen-bond donors (Lipinski definition) is 1. The number of nitrogen functional groups attached to an aromatic ring is 1. The van der Waals surface area contributed by atoms with Gasteiger partial charge in [0.15, 0.2) is 5.69 Å². The first-order chi connectivity index (χ1) is 12.4. The number of methoxy groups -OCH3 is 1. The third kappa shape index (κ3) is 2.12. The molecule has 1 amide bonds. The minimum Gasteiger partial charge on any atom is -0.464 e. The molecule has 7 nitrogen and oxygen atoms in total. The van der Waals surface area contributed by atoms with E-state index in [4.69, 9.17) is 10.5 Å². The molecule has 1 aliphatic heterocycles. The van der Waals surface area contributed by atoms with Gasteiger partial charge in [-0.15, -0.1) is 0 Å². The van der Waals surface area contributed by atoms with Gasteiger partial charge in [-0.25, -0.2) is 4.79 Å². The molecule has 1 aromatic carbocycles. The number of benzene rings is 1. The summed E-state index contributed by atoms with van der Waals surface area (Å²) in [5.41, 5.74) is 9.11. The Kier molecular flexibility index (Phi) is 3.34. The van der Waals surface area contributed by atoms with Gasteiger partial charge in [-0.2, -0.15) is 5.26 Å². The Morgan fingerprint density at radius 1 is 1.35 bits per heavy atom. The maximum atomic E-state index is 12.2. The SMILES string of the molecule is COC(=O)c1c(N)c(C#N)cn1-c1ccc2c(c1)N(C(C)=O)CC21CC1. The van der Waals surface area contributed by atoms with Gasteiger partial charge < -0.3 is 19.9 Å². The number of rotatable bonds is 2. The van der Waals surface area contributed by atoms with Crippen LogP contribution in [0.3, 0.4) is 0 Å². The second kappa shape index (κ2) is 5.36. The van der Waals surface area contributed by atoms with Gasteiger partial charge in [-0.05, 0) is 30.5 Å². The Morgan fingerprint density at radius 3 is 2.65 bits per heavy atom. The Balaban J connectivity index is 1.89. The summed E-state index contributed by atoms with van der Waals surface area (Å²) < 4.78 is 6.37. The molecule has 1 saturated carbocycles. The molecule has 0 saturated heterocycles. The van der Waals surface area contributed by atoms with Gasteiger partial charge in [0, 0.05) is 36.5 Å². The molecule has 26 heavy (non-hydrogen) atoms. The summed E-state index contributed by atoms with van der Waals surface area (Å²) >= 11 is 0. The van der Waals surface area contributed by atoms with Crippen molar-refractivity contribution in [3.63, 3.8) is 0 Å². The summed E-state index contributed by atoms with van der Waals surface area (Å²) in [6.07, 6.45) is 3.67. The largest absolute Gasteiger partial charge is 0.464 e. The zero-order valence-electron chi connectivity index (χ0n) is 14.6. The topological polar surface area (TPSA) is 101 Å². The van der Waals surface area contributed by atoms with Crippen LogP contribution in [0.5, 0.6) is 0 Å². The number of esters is 1. The number of carbonyl (C=O) groups is 2. The lowest BCUT2D eigenvalue weighted by atomic mass is 9.98. The van der Waals surface area contributed by atoms with E-state index in [0.29, 0.717) is 12.2 Å². The molecule has 1 aliphatic carbocycles. The van der Waals surface area contributed by atoms with E-state index >= 15 is 0 Å². The summed E-state index contributed by atoms with van der Waals surface area (Å²) in [6.45, 7) is 2.25. The second-order valence-electron chi connectivity index (χ2n) is 6.87. The monoisotopic (exact) mass is 350 g/mol. The van der Waals surface area contributed by atoms with Gasteiger partial charge in [0.25, 0.3) is 0 Å². The molecular weight excluding hydrogens is 332 g/mol. The van der Waals surface area contributed by atoms with Gasteiger partial charge in [0.1, 0.15) is 6.07 Å². The second-order valence-corrected chi connectivity index (χ2v) is 6.87. The summed E-state index contributed by atoms with van der Waals surface area (Å²) in [7, 11) is 1.27. The Bertz CT molecular complexity index is 995. The molecule has 0 atom stereocenters. The lowest BCUT2D eigenvalue weighted by Gasteiger charge is -2.16.